The number of hydrogen-bond donors (Lipinski definition) is 3. The molecule has 0 bridgehead atoms. The molecule has 1 saturated heterocycles. The average molecular weight is 252 g/mol. The lowest BCUT2D eigenvalue weighted by Gasteiger charge is -2.11. The summed E-state index contributed by atoms with van der Waals surface area (Å²) >= 11 is 0. The van der Waals surface area contributed by atoms with E-state index < -0.39 is 11.7 Å². The number of aromatic hydroxyl groups is 1. The van der Waals surface area contributed by atoms with E-state index in [1.807, 2.05) is 0 Å². The molecule has 1 aliphatic rings. The number of phenolic OH excluding ortho intramolecular Hbond substituents is 1. The van der Waals surface area contributed by atoms with Crippen molar-refractivity contribution in [1.29, 1.82) is 0 Å². The van der Waals surface area contributed by atoms with Crippen molar-refractivity contribution in [1.82, 2.24) is 10.6 Å². The van der Waals surface area contributed by atoms with E-state index in [1.165, 1.54) is 18.6 Å². The van der Waals surface area contributed by atoms with Crippen LogP contribution in [0.4, 0.5) is 4.39 Å². The molecule has 3 N–H and O–H groups in total. The lowest BCUT2D eigenvalue weighted by atomic mass is 10.1. The molecule has 0 spiro atoms. The first-order chi connectivity index (χ1) is 8.66. The van der Waals surface area contributed by atoms with Gasteiger partial charge in [0.1, 0.15) is 11.6 Å². The van der Waals surface area contributed by atoms with Crippen molar-refractivity contribution in [3.8, 4) is 5.75 Å². The molecule has 0 aromatic heterocycles. The van der Waals surface area contributed by atoms with Gasteiger partial charge in [0.2, 0.25) is 0 Å². The highest BCUT2D eigenvalue weighted by atomic mass is 19.1. The Morgan fingerprint density at radius 1 is 1.56 bits per heavy atom. The molecule has 1 aliphatic heterocycles. The molecule has 1 amide bonds. The number of halogens is 1. The second-order valence-electron chi connectivity index (χ2n) is 4.50. The van der Waals surface area contributed by atoms with Gasteiger partial charge in [-0.2, -0.15) is 0 Å². The summed E-state index contributed by atoms with van der Waals surface area (Å²) in [4.78, 5) is 11.7. The van der Waals surface area contributed by atoms with Gasteiger partial charge in [-0.15, -0.1) is 0 Å². The highest BCUT2D eigenvalue weighted by Crippen LogP contribution is 2.15. The summed E-state index contributed by atoms with van der Waals surface area (Å²) in [5.41, 5.74) is -0.0350. The van der Waals surface area contributed by atoms with Crippen molar-refractivity contribution in [2.24, 2.45) is 0 Å². The number of amides is 1. The lowest BCUT2D eigenvalue weighted by Crippen LogP contribution is -2.31. The monoisotopic (exact) mass is 252 g/mol. The van der Waals surface area contributed by atoms with Crippen LogP contribution >= 0.6 is 0 Å². The fourth-order valence-electron chi connectivity index (χ4n) is 2.15. The van der Waals surface area contributed by atoms with Crippen LogP contribution in [0, 0.1) is 5.82 Å². The minimum absolute atomic E-state index is 0.0350. The van der Waals surface area contributed by atoms with Gasteiger partial charge in [0, 0.05) is 18.7 Å². The van der Waals surface area contributed by atoms with E-state index in [4.69, 9.17) is 5.11 Å². The Morgan fingerprint density at radius 2 is 2.39 bits per heavy atom. The Bertz CT molecular complexity index is 431. The van der Waals surface area contributed by atoms with Crippen LogP contribution in [0.15, 0.2) is 18.2 Å². The van der Waals surface area contributed by atoms with E-state index in [0.29, 0.717) is 12.6 Å². The highest BCUT2D eigenvalue weighted by molar-refractivity contribution is 5.94. The van der Waals surface area contributed by atoms with Crippen molar-refractivity contribution >= 4 is 5.91 Å². The van der Waals surface area contributed by atoms with Crippen LogP contribution in [0.25, 0.3) is 0 Å². The maximum atomic E-state index is 13.4. The van der Waals surface area contributed by atoms with Gasteiger partial charge in [0.25, 0.3) is 5.91 Å². The number of carbonyl (C=O) groups is 1. The largest absolute Gasteiger partial charge is 0.508 e. The lowest BCUT2D eigenvalue weighted by molar-refractivity contribution is 0.0948. The third-order valence-corrected chi connectivity index (χ3v) is 3.14. The van der Waals surface area contributed by atoms with E-state index in [2.05, 4.69) is 10.6 Å². The molecule has 0 unspecified atom stereocenters. The number of rotatable bonds is 4. The van der Waals surface area contributed by atoms with Gasteiger partial charge in [0.05, 0.1) is 5.56 Å². The zero-order valence-electron chi connectivity index (χ0n) is 10.1. The third-order valence-electron chi connectivity index (χ3n) is 3.14. The van der Waals surface area contributed by atoms with E-state index in [-0.39, 0.29) is 11.3 Å². The molecule has 2 rings (SSSR count). The van der Waals surface area contributed by atoms with Crippen LogP contribution in [0.2, 0.25) is 0 Å². The van der Waals surface area contributed by atoms with E-state index in [1.54, 1.807) is 0 Å². The molecule has 18 heavy (non-hydrogen) atoms. The van der Waals surface area contributed by atoms with Gasteiger partial charge < -0.3 is 15.7 Å². The summed E-state index contributed by atoms with van der Waals surface area (Å²) in [5, 5.41) is 15.1. The summed E-state index contributed by atoms with van der Waals surface area (Å²) in [6.07, 6.45) is 3.15. The summed E-state index contributed by atoms with van der Waals surface area (Å²) in [6, 6.07) is 3.98. The molecule has 0 radical (unpaired) electrons. The molecule has 1 aromatic carbocycles. The molecular weight excluding hydrogens is 235 g/mol. The standard InChI is InChI=1S/C13H17FN2O2/c14-12-8-10(17)3-4-11(12)13(18)16-7-5-9-2-1-6-15-9/h3-4,8-9,15,17H,1-2,5-7H2,(H,16,18)/t9-/m1/s1. The van der Waals surface area contributed by atoms with Crippen molar-refractivity contribution in [2.45, 2.75) is 25.3 Å². The van der Waals surface area contributed by atoms with Crippen LogP contribution in [0.5, 0.6) is 5.75 Å². The van der Waals surface area contributed by atoms with Gasteiger partial charge in [-0.3, -0.25) is 4.79 Å². The first-order valence-electron chi connectivity index (χ1n) is 6.17. The topological polar surface area (TPSA) is 61.4 Å². The summed E-state index contributed by atoms with van der Waals surface area (Å²) in [6.45, 7) is 1.56. The SMILES string of the molecule is O=C(NCC[C@H]1CCCN1)c1ccc(O)cc1F. The second-order valence-corrected chi connectivity index (χ2v) is 4.50. The van der Waals surface area contributed by atoms with Crippen LogP contribution in [-0.4, -0.2) is 30.1 Å². The van der Waals surface area contributed by atoms with Crippen molar-refractivity contribution in [3.63, 3.8) is 0 Å². The Labute approximate surface area is 105 Å². The number of carbonyl (C=O) groups excluding carboxylic acids is 1. The summed E-state index contributed by atoms with van der Waals surface area (Å²) < 4.78 is 13.4. The summed E-state index contributed by atoms with van der Waals surface area (Å²) in [7, 11) is 0. The number of nitrogens with one attached hydrogen (secondary N) is 2. The van der Waals surface area contributed by atoms with Gasteiger partial charge in [-0.05, 0) is 37.9 Å². The maximum absolute atomic E-state index is 13.4. The molecule has 1 atom stereocenters. The molecule has 1 aromatic rings. The fraction of sp³-hybridized carbons (Fsp3) is 0.462. The molecule has 5 heteroatoms. The Morgan fingerprint density at radius 3 is 3.06 bits per heavy atom. The molecule has 0 aliphatic carbocycles. The predicted molar refractivity (Wildman–Crippen MR) is 66.0 cm³/mol. The average Bonchev–Trinajstić information content (AvgIpc) is 2.81. The van der Waals surface area contributed by atoms with Crippen LogP contribution in [-0.2, 0) is 0 Å². The minimum Gasteiger partial charge on any atom is -0.508 e. The molecule has 0 saturated carbocycles. The number of phenols is 1. The second kappa shape index (κ2) is 5.82. The van der Waals surface area contributed by atoms with E-state index in [0.717, 1.165) is 25.5 Å². The zero-order chi connectivity index (χ0) is 13.0. The number of hydrogen-bond acceptors (Lipinski definition) is 3. The third kappa shape index (κ3) is 3.20. The van der Waals surface area contributed by atoms with E-state index in [9.17, 15) is 9.18 Å². The zero-order valence-corrected chi connectivity index (χ0v) is 10.1. The van der Waals surface area contributed by atoms with Gasteiger partial charge in [0.15, 0.2) is 0 Å². The number of benzene rings is 1. The Balaban J connectivity index is 1.83. The highest BCUT2D eigenvalue weighted by Gasteiger charge is 2.15. The van der Waals surface area contributed by atoms with E-state index >= 15 is 0 Å². The van der Waals surface area contributed by atoms with Crippen LogP contribution in [0.3, 0.4) is 0 Å². The van der Waals surface area contributed by atoms with Crippen molar-refractivity contribution in [2.75, 3.05) is 13.1 Å². The first-order valence-corrected chi connectivity index (χ1v) is 6.17. The molecule has 98 valence electrons. The molecular formula is C13H17FN2O2. The van der Waals surface area contributed by atoms with Crippen molar-refractivity contribution < 1.29 is 14.3 Å². The maximum Gasteiger partial charge on any atom is 0.254 e. The molecule has 1 fully saturated rings. The van der Waals surface area contributed by atoms with Gasteiger partial charge in [-0.1, -0.05) is 0 Å². The fourth-order valence-corrected chi connectivity index (χ4v) is 2.15. The smallest absolute Gasteiger partial charge is 0.254 e. The van der Waals surface area contributed by atoms with Crippen molar-refractivity contribution in [3.05, 3.63) is 29.6 Å². The Hall–Kier alpha value is -1.62. The first kappa shape index (κ1) is 12.8. The minimum atomic E-state index is -0.702. The quantitative estimate of drug-likeness (QED) is 0.759. The molecule has 1 heterocycles. The van der Waals surface area contributed by atoms with Crippen LogP contribution < -0.4 is 10.6 Å². The van der Waals surface area contributed by atoms with Gasteiger partial charge >= 0.3 is 0 Å². The Kier molecular flexibility index (Phi) is 4.15. The molecule has 4 nitrogen and oxygen atoms in total. The van der Waals surface area contributed by atoms with Crippen LogP contribution in [0.1, 0.15) is 29.6 Å². The normalized spacial score (nSPS) is 18.8. The van der Waals surface area contributed by atoms with Gasteiger partial charge in [-0.25, -0.2) is 4.39 Å². The summed E-state index contributed by atoms with van der Waals surface area (Å²) in [5.74, 6) is -1.32. The predicted octanol–water partition coefficient (Wildman–Crippen LogP) is 1.40.